The van der Waals surface area contributed by atoms with Crippen LogP contribution in [0.5, 0.6) is 17.4 Å². The number of carbonyl (C=O) groups is 1. The number of hydrogen-bond donors (Lipinski definition) is 1. The number of fused-ring (bicyclic) bond motifs is 1. The van der Waals surface area contributed by atoms with Crippen LogP contribution in [0.15, 0.2) is 36.8 Å². The summed E-state index contributed by atoms with van der Waals surface area (Å²) in [6.07, 6.45) is 6.22. The van der Waals surface area contributed by atoms with Gasteiger partial charge in [0.1, 0.15) is 29.7 Å². The number of nitrogens with one attached hydrogen (secondary N) is 1. The van der Waals surface area contributed by atoms with Crippen LogP contribution >= 0.6 is 0 Å². The summed E-state index contributed by atoms with van der Waals surface area (Å²) in [4.78, 5) is 26.4. The van der Waals surface area contributed by atoms with Crippen molar-refractivity contribution in [3.63, 3.8) is 0 Å². The normalized spacial score (nSPS) is 23.1. The van der Waals surface area contributed by atoms with Crippen LogP contribution in [0.1, 0.15) is 48.3 Å². The molecular weight excluding hydrogens is 541 g/mol. The first-order chi connectivity index (χ1) is 20.4. The summed E-state index contributed by atoms with van der Waals surface area (Å²) >= 11 is 0. The van der Waals surface area contributed by atoms with Crippen LogP contribution in [0.3, 0.4) is 0 Å². The van der Waals surface area contributed by atoms with Gasteiger partial charge < -0.3 is 29.3 Å². The van der Waals surface area contributed by atoms with Gasteiger partial charge in [-0.3, -0.25) is 9.78 Å². The molecule has 42 heavy (non-hydrogen) atoms. The summed E-state index contributed by atoms with van der Waals surface area (Å²) < 4.78 is 32.5. The maximum atomic E-state index is 14.3. The van der Waals surface area contributed by atoms with E-state index in [-0.39, 0.29) is 46.7 Å². The molecule has 1 aromatic carbocycles. The van der Waals surface area contributed by atoms with Crippen molar-refractivity contribution in [3.05, 3.63) is 59.4 Å². The van der Waals surface area contributed by atoms with E-state index in [4.69, 9.17) is 14.2 Å². The first kappa shape index (κ1) is 27.0. The van der Waals surface area contributed by atoms with Gasteiger partial charge in [-0.15, -0.1) is 10.2 Å². The van der Waals surface area contributed by atoms with Crippen LogP contribution in [-0.4, -0.2) is 82.0 Å². The molecule has 2 atom stereocenters. The molecule has 1 N–H and O–H groups in total. The Balaban J connectivity index is 1.03. The Morgan fingerprint density at radius 2 is 1.93 bits per heavy atom. The number of rotatable bonds is 6. The van der Waals surface area contributed by atoms with Gasteiger partial charge in [-0.05, 0) is 51.0 Å². The Morgan fingerprint density at radius 3 is 2.74 bits per heavy atom. The van der Waals surface area contributed by atoms with Gasteiger partial charge in [-0.1, -0.05) is 0 Å². The minimum absolute atomic E-state index is 0.125. The van der Waals surface area contributed by atoms with Crippen molar-refractivity contribution < 1.29 is 23.4 Å². The van der Waals surface area contributed by atoms with Crippen molar-refractivity contribution in [1.29, 1.82) is 0 Å². The van der Waals surface area contributed by atoms with Crippen LogP contribution in [0.2, 0.25) is 0 Å². The van der Waals surface area contributed by atoms with Gasteiger partial charge in [0.25, 0.3) is 11.8 Å². The summed E-state index contributed by atoms with van der Waals surface area (Å²) in [6, 6.07) is 5.59. The van der Waals surface area contributed by atoms with E-state index in [0.717, 1.165) is 56.9 Å². The predicted octanol–water partition coefficient (Wildman–Crippen LogP) is 3.14. The van der Waals surface area contributed by atoms with Crippen LogP contribution in [0, 0.1) is 11.2 Å². The molecule has 0 unspecified atom stereocenters. The Morgan fingerprint density at radius 1 is 1.12 bits per heavy atom. The average Bonchev–Trinajstić information content (AvgIpc) is 2.95. The SMILES string of the molecule is C[C@@H]1COC[C@@H](C)N1C(=O)c1cc(F)ccc1Oc1nncnc1N1CC2(CC(Oc3ccnc4c3CNCC4)C2)C1. The second-order valence-corrected chi connectivity index (χ2v) is 11.9. The Hall–Kier alpha value is -3.90. The van der Waals surface area contributed by atoms with E-state index in [0.29, 0.717) is 19.0 Å². The lowest BCUT2D eigenvalue weighted by atomic mass is 9.61. The summed E-state index contributed by atoms with van der Waals surface area (Å²) in [7, 11) is 0. The number of ether oxygens (including phenoxy) is 3. The van der Waals surface area contributed by atoms with Gasteiger partial charge in [0.15, 0.2) is 5.82 Å². The number of carbonyl (C=O) groups excluding carboxylic acids is 1. The number of halogens is 1. The van der Waals surface area contributed by atoms with Gasteiger partial charge in [0.05, 0.1) is 30.9 Å². The van der Waals surface area contributed by atoms with Gasteiger partial charge in [0.2, 0.25) is 0 Å². The topological polar surface area (TPSA) is 115 Å². The first-order valence-corrected chi connectivity index (χ1v) is 14.5. The number of morpholine rings is 1. The summed E-state index contributed by atoms with van der Waals surface area (Å²) in [5.41, 5.74) is 2.57. The minimum atomic E-state index is -0.522. The second kappa shape index (κ2) is 10.7. The lowest BCUT2D eigenvalue weighted by Gasteiger charge is -2.58. The van der Waals surface area contributed by atoms with Gasteiger partial charge in [0, 0.05) is 55.5 Å². The van der Waals surface area contributed by atoms with Crippen molar-refractivity contribution in [2.75, 3.05) is 37.7 Å². The molecule has 2 saturated heterocycles. The van der Waals surface area contributed by atoms with Crippen LogP contribution in [-0.2, 0) is 17.7 Å². The number of amides is 1. The molecule has 1 amide bonds. The molecule has 7 rings (SSSR count). The lowest BCUT2D eigenvalue weighted by molar-refractivity contribution is -0.0350. The average molecular weight is 576 g/mol. The molecule has 0 radical (unpaired) electrons. The highest BCUT2D eigenvalue weighted by Crippen LogP contribution is 2.52. The van der Waals surface area contributed by atoms with Crippen molar-refractivity contribution >= 4 is 11.7 Å². The molecule has 1 saturated carbocycles. The van der Waals surface area contributed by atoms with Gasteiger partial charge >= 0.3 is 0 Å². The van der Waals surface area contributed by atoms with Crippen LogP contribution < -0.4 is 19.7 Å². The summed E-state index contributed by atoms with van der Waals surface area (Å²) in [5, 5.41) is 11.5. The van der Waals surface area contributed by atoms with Crippen molar-refractivity contribution in [1.82, 2.24) is 30.4 Å². The third-order valence-electron chi connectivity index (χ3n) is 8.76. The first-order valence-electron chi connectivity index (χ1n) is 14.5. The molecule has 5 heterocycles. The molecule has 3 aromatic rings. The number of pyridine rings is 1. The molecule has 1 spiro atoms. The number of hydrogen-bond acceptors (Lipinski definition) is 10. The lowest BCUT2D eigenvalue weighted by Crippen LogP contribution is -2.65. The fraction of sp³-hybridized carbons (Fsp3) is 0.500. The maximum absolute atomic E-state index is 14.3. The van der Waals surface area contributed by atoms with E-state index in [2.05, 4.69) is 30.4 Å². The second-order valence-electron chi connectivity index (χ2n) is 11.9. The highest BCUT2D eigenvalue weighted by molar-refractivity contribution is 5.97. The van der Waals surface area contributed by atoms with Crippen molar-refractivity contribution in [3.8, 4) is 17.4 Å². The van der Waals surface area contributed by atoms with Gasteiger partial charge in [-0.25, -0.2) is 9.37 Å². The van der Waals surface area contributed by atoms with E-state index in [1.54, 1.807) is 4.90 Å². The van der Waals surface area contributed by atoms with E-state index >= 15 is 0 Å². The van der Waals surface area contributed by atoms with Crippen LogP contribution in [0.25, 0.3) is 0 Å². The van der Waals surface area contributed by atoms with Crippen LogP contribution in [0.4, 0.5) is 10.2 Å². The highest BCUT2D eigenvalue weighted by Gasteiger charge is 2.54. The van der Waals surface area contributed by atoms with Gasteiger partial charge in [-0.2, -0.15) is 0 Å². The molecule has 11 nitrogen and oxygen atoms in total. The minimum Gasteiger partial charge on any atom is -0.490 e. The Kier molecular flexibility index (Phi) is 6.89. The molecule has 220 valence electrons. The molecule has 0 bridgehead atoms. The molecule has 12 heteroatoms. The monoisotopic (exact) mass is 575 g/mol. The quantitative estimate of drug-likeness (QED) is 0.470. The van der Waals surface area contributed by atoms with E-state index < -0.39 is 5.82 Å². The number of aromatic nitrogens is 4. The zero-order valence-electron chi connectivity index (χ0n) is 23.8. The Labute approximate surface area is 243 Å². The number of nitrogens with zero attached hydrogens (tertiary/aromatic N) is 6. The molecule has 1 aliphatic carbocycles. The highest BCUT2D eigenvalue weighted by atomic mass is 19.1. The molecule has 2 aromatic heterocycles. The predicted molar refractivity (Wildman–Crippen MR) is 150 cm³/mol. The summed E-state index contributed by atoms with van der Waals surface area (Å²) in [5.74, 6) is 1.03. The standard InChI is InChI=1S/C30H34FN7O4/c1-18-13-40-14-19(2)38(18)29(39)22-9-20(31)3-4-25(22)42-28-27(34-17-35-36-28)37-15-30(16-37)10-21(11-30)41-26-6-8-33-24-5-7-32-12-23(24)26/h3-4,6,8-9,17-19,21,32H,5,7,10-16H2,1-2H3/t18-,19-/m1/s1. The van der Waals surface area contributed by atoms with Crippen molar-refractivity contribution in [2.24, 2.45) is 5.41 Å². The molecule has 3 fully saturated rings. The fourth-order valence-corrected chi connectivity index (χ4v) is 6.74. The van der Waals surface area contributed by atoms with E-state index in [1.165, 1.54) is 30.1 Å². The smallest absolute Gasteiger partial charge is 0.282 e. The molecule has 3 aliphatic heterocycles. The maximum Gasteiger partial charge on any atom is 0.282 e. The number of benzene rings is 1. The molecular formula is C30H34FN7O4. The number of anilines is 1. The zero-order valence-corrected chi connectivity index (χ0v) is 23.8. The third-order valence-corrected chi connectivity index (χ3v) is 8.76. The molecule has 4 aliphatic rings. The largest absolute Gasteiger partial charge is 0.490 e. The zero-order chi connectivity index (χ0) is 28.8. The third kappa shape index (κ3) is 4.92. The van der Waals surface area contributed by atoms with E-state index in [9.17, 15) is 9.18 Å². The Bertz CT molecular complexity index is 1480. The van der Waals surface area contributed by atoms with Crippen molar-refractivity contribution in [2.45, 2.75) is 57.8 Å². The summed E-state index contributed by atoms with van der Waals surface area (Å²) in [6.45, 7) is 7.98. The van der Waals surface area contributed by atoms with E-state index in [1.807, 2.05) is 26.1 Å². The fourth-order valence-electron chi connectivity index (χ4n) is 6.74.